The lowest BCUT2D eigenvalue weighted by atomic mass is 10.1. The first-order chi connectivity index (χ1) is 15.4. The number of nitrogens with zero attached hydrogens (tertiary/aromatic N) is 3. The third kappa shape index (κ3) is 6.17. The number of rotatable bonds is 9. The highest BCUT2D eigenvalue weighted by Gasteiger charge is 2.16. The number of hydrogen-bond donors (Lipinski definition) is 3. The minimum atomic E-state index is -0.369. The topological polar surface area (TPSA) is 132 Å². The molecule has 0 aliphatic carbocycles. The number of methoxy groups -OCH3 is 1. The van der Waals surface area contributed by atoms with Crippen molar-refractivity contribution in [1.82, 2.24) is 15.0 Å². The predicted molar refractivity (Wildman–Crippen MR) is 126 cm³/mol. The average Bonchev–Trinajstić information content (AvgIpc) is 2.77. The summed E-state index contributed by atoms with van der Waals surface area (Å²) in [5.74, 6) is 1.64. The van der Waals surface area contributed by atoms with E-state index in [1.807, 2.05) is 24.3 Å². The van der Waals surface area contributed by atoms with Crippen molar-refractivity contribution in [1.29, 1.82) is 0 Å². The van der Waals surface area contributed by atoms with E-state index in [9.17, 15) is 9.59 Å². The number of carbonyl (C=O) groups is 2. The SMILES string of the molecule is COc1ccccc1Nc1nc(N)nc(CSC(C)C(=O)Nc2ccc(C(C)=O)cc2)n1. The summed E-state index contributed by atoms with van der Waals surface area (Å²) in [5.41, 5.74) is 7.75. The number of ether oxygens (including phenoxy) is 1. The van der Waals surface area contributed by atoms with Gasteiger partial charge in [-0.15, -0.1) is 11.8 Å². The van der Waals surface area contributed by atoms with Crippen LogP contribution in [0.1, 0.15) is 30.0 Å². The second-order valence-corrected chi connectivity index (χ2v) is 8.16. The van der Waals surface area contributed by atoms with Gasteiger partial charge in [0.2, 0.25) is 17.8 Å². The van der Waals surface area contributed by atoms with Gasteiger partial charge in [-0.05, 0) is 50.2 Å². The Morgan fingerprint density at radius 2 is 1.81 bits per heavy atom. The number of nitrogen functional groups attached to an aromatic ring is 1. The lowest BCUT2D eigenvalue weighted by molar-refractivity contribution is -0.115. The van der Waals surface area contributed by atoms with Crippen LogP contribution in [-0.4, -0.2) is 39.0 Å². The standard InChI is InChI=1S/C22H24N6O3S/c1-13(29)15-8-10-16(11-9-15)24-20(30)14(2)32-12-19-26-21(23)28-22(27-19)25-17-6-4-5-7-18(17)31-3/h4-11,14H,12H2,1-3H3,(H,24,30)(H3,23,25,26,27,28). The molecule has 9 nitrogen and oxygen atoms in total. The van der Waals surface area contributed by atoms with Crippen LogP contribution < -0.4 is 21.1 Å². The Hall–Kier alpha value is -3.66. The molecule has 0 fully saturated rings. The fraction of sp³-hybridized carbons (Fsp3) is 0.227. The molecule has 1 heterocycles. The fourth-order valence-electron chi connectivity index (χ4n) is 2.73. The molecule has 32 heavy (non-hydrogen) atoms. The number of ketones is 1. The number of Topliss-reactive ketones (excluding diaryl/α,β-unsaturated/α-hetero) is 1. The summed E-state index contributed by atoms with van der Waals surface area (Å²) < 4.78 is 5.32. The molecule has 0 spiro atoms. The van der Waals surface area contributed by atoms with Crippen molar-refractivity contribution < 1.29 is 14.3 Å². The zero-order valence-corrected chi connectivity index (χ0v) is 18.8. The summed E-state index contributed by atoms with van der Waals surface area (Å²) in [7, 11) is 1.58. The Morgan fingerprint density at radius 3 is 2.50 bits per heavy atom. The van der Waals surface area contributed by atoms with Crippen LogP contribution in [0.15, 0.2) is 48.5 Å². The maximum absolute atomic E-state index is 12.5. The number of nitrogens with one attached hydrogen (secondary N) is 2. The number of hydrogen-bond acceptors (Lipinski definition) is 9. The molecule has 4 N–H and O–H groups in total. The first-order valence-corrected chi connectivity index (χ1v) is 10.8. The van der Waals surface area contributed by atoms with Gasteiger partial charge in [-0.2, -0.15) is 15.0 Å². The maximum Gasteiger partial charge on any atom is 0.237 e. The molecular weight excluding hydrogens is 428 g/mol. The van der Waals surface area contributed by atoms with Crippen LogP contribution >= 0.6 is 11.8 Å². The Balaban J connectivity index is 1.60. The Kier molecular flexibility index (Phi) is 7.61. The van der Waals surface area contributed by atoms with Crippen LogP contribution in [0.25, 0.3) is 0 Å². The highest BCUT2D eigenvalue weighted by Crippen LogP contribution is 2.26. The fourth-order valence-corrected chi connectivity index (χ4v) is 3.47. The van der Waals surface area contributed by atoms with Crippen LogP contribution in [0.5, 0.6) is 5.75 Å². The van der Waals surface area contributed by atoms with Crippen molar-refractivity contribution in [3.8, 4) is 5.75 Å². The molecule has 0 aliphatic heterocycles. The molecule has 10 heteroatoms. The Morgan fingerprint density at radius 1 is 1.09 bits per heavy atom. The third-order valence-corrected chi connectivity index (χ3v) is 5.58. The molecule has 2 aromatic carbocycles. The van der Waals surface area contributed by atoms with Crippen molar-refractivity contribution in [2.75, 3.05) is 23.5 Å². The quantitative estimate of drug-likeness (QED) is 0.416. The van der Waals surface area contributed by atoms with E-state index < -0.39 is 0 Å². The van der Waals surface area contributed by atoms with Gasteiger partial charge >= 0.3 is 0 Å². The largest absolute Gasteiger partial charge is 0.495 e. The van der Waals surface area contributed by atoms with Gasteiger partial charge in [-0.3, -0.25) is 9.59 Å². The second-order valence-electron chi connectivity index (χ2n) is 6.83. The zero-order chi connectivity index (χ0) is 23.1. The average molecular weight is 453 g/mol. The van der Waals surface area contributed by atoms with Crippen molar-refractivity contribution >= 4 is 46.7 Å². The van der Waals surface area contributed by atoms with Crippen LogP contribution in [0.4, 0.5) is 23.3 Å². The third-order valence-electron chi connectivity index (χ3n) is 4.44. The van der Waals surface area contributed by atoms with Gasteiger partial charge in [0.15, 0.2) is 5.78 Å². The van der Waals surface area contributed by atoms with E-state index in [1.165, 1.54) is 18.7 Å². The highest BCUT2D eigenvalue weighted by molar-refractivity contribution is 7.99. The van der Waals surface area contributed by atoms with E-state index in [0.717, 1.165) is 0 Å². The molecule has 1 aromatic heterocycles. The molecule has 166 valence electrons. The number of benzene rings is 2. The number of aromatic nitrogens is 3. The minimum Gasteiger partial charge on any atom is -0.495 e. The highest BCUT2D eigenvalue weighted by atomic mass is 32.2. The minimum absolute atomic E-state index is 0.0250. The van der Waals surface area contributed by atoms with Crippen molar-refractivity contribution in [3.05, 3.63) is 59.9 Å². The molecule has 0 aliphatic rings. The van der Waals surface area contributed by atoms with Crippen LogP contribution in [0.3, 0.4) is 0 Å². The number of amides is 1. The number of carbonyl (C=O) groups excluding carboxylic acids is 2. The molecular formula is C22H24N6O3S. The molecule has 1 atom stereocenters. The summed E-state index contributed by atoms with van der Waals surface area (Å²) in [5, 5.41) is 5.55. The van der Waals surface area contributed by atoms with E-state index in [0.29, 0.717) is 40.2 Å². The van der Waals surface area contributed by atoms with Gasteiger partial charge in [0.25, 0.3) is 0 Å². The van der Waals surface area contributed by atoms with E-state index in [2.05, 4.69) is 25.6 Å². The van der Waals surface area contributed by atoms with Crippen molar-refractivity contribution in [2.45, 2.75) is 24.9 Å². The first-order valence-electron chi connectivity index (χ1n) is 9.79. The second kappa shape index (κ2) is 10.6. The molecule has 0 saturated carbocycles. The van der Waals surface area contributed by atoms with Crippen molar-refractivity contribution in [3.63, 3.8) is 0 Å². The Bertz CT molecular complexity index is 1110. The van der Waals surface area contributed by atoms with Gasteiger partial charge < -0.3 is 21.1 Å². The van der Waals surface area contributed by atoms with Gasteiger partial charge in [-0.1, -0.05) is 12.1 Å². The predicted octanol–water partition coefficient (Wildman–Crippen LogP) is 3.67. The van der Waals surface area contributed by atoms with Gasteiger partial charge in [-0.25, -0.2) is 0 Å². The van der Waals surface area contributed by atoms with Crippen LogP contribution in [0.2, 0.25) is 0 Å². The van der Waals surface area contributed by atoms with Crippen LogP contribution in [0, 0.1) is 0 Å². The molecule has 1 unspecified atom stereocenters. The molecule has 0 saturated heterocycles. The number of thioether (sulfide) groups is 1. The smallest absolute Gasteiger partial charge is 0.237 e. The van der Waals surface area contributed by atoms with Crippen LogP contribution in [-0.2, 0) is 10.5 Å². The summed E-state index contributed by atoms with van der Waals surface area (Å²) >= 11 is 1.37. The summed E-state index contributed by atoms with van der Waals surface area (Å²) in [6.45, 7) is 3.29. The lowest BCUT2D eigenvalue weighted by Crippen LogP contribution is -2.22. The summed E-state index contributed by atoms with van der Waals surface area (Å²) in [4.78, 5) is 36.5. The lowest BCUT2D eigenvalue weighted by Gasteiger charge is -2.13. The van der Waals surface area contributed by atoms with E-state index in [4.69, 9.17) is 10.5 Å². The van der Waals surface area contributed by atoms with Gasteiger partial charge in [0.05, 0.1) is 23.8 Å². The van der Waals surface area contributed by atoms with Gasteiger partial charge in [0, 0.05) is 11.3 Å². The summed E-state index contributed by atoms with van der Waals surface area (Å²) in [6, 6.07) is 14.1. The molecule has 0 bridgehead atoms. The molecule has 3 rings (SSSR count). The van der Waals surface area contributed by atoms with E-state index in [-0.39, 0.29) is 22.9 Å². The molecule has 3 aromatic rings. The number of para-hydroxylation sites is 2. The number of nitrogens with two attached hydrogens (primary N) is 1. The monoisotopic (exact) mass is 452 g/mol. The summed E-state index contributed by atoms with van der Waals surface area (Å²) in [6.07, 6.45) is 0. The maximum atomic E-state index is 12.5. The first kappa shape index (κ1) is 23.0. The molecule has 0 radical (unpaired) electrons. The van der Waals surface area contributed by atoms with Crippen molar-refractivity contribution in [2.24, 2.45) is 0 Å². The normalized spacial score (nSPS) is 11.5. The van der Waals surface area contributed by atoms with Gasteiger partial charge in [0.1, 0.15) is 11.6 Å². The Labute approximate surface area is 190 Å². The zero-order valence-electron chi connectivity index (χ0n) is 18.0. The van der Waals surface area contributed by atoms with E-state index >= 15 is 0 Å². The molecule has 1 amide bonds. The number of anilines is 4. The van der Waals surface area contributed by atoms with E-state index in [1.54, 1.807) is 38.3 Å².